The SMILES string of the molecule is CCCCCN(CCCCC)C(=O)[C@@H]1CC[C@H](CN)O1. The fourth-order valence-corrected chi connectivity index (χ4v) is 2.70. The van der Waals surface area contributed by atoms with Gasteiger partial charge in [-0.15, -0.1) is 0 Å². The summed E-state index contributed by atoms with van der Waals surface area (Å²) in [5.41, 5.74) is 5.62. The number of hydrogen-bond acceptors (Lipinski definition) is 3. The van der Waals surface area contributed by atoms with Crippen molar-refractivity contribution in [3.63, 3.8) is 0 Å². The van der Waals surface area contributed by atoms with Gasteiger partial charge in [-0.2, -0.15) is 0 Å². The van der Waals surface area contributed by atoms with E-state index in [1.807, 2.05) is 4.90 Å². The van der Waals surface area contributed by atoms with Crippen molar-refractivity contribution < 1.29 is 9.53 Å². The minimum absolute atomic E-state index is 0.0806. The van der Waals surface area contributed by atoms with Gasteiger partial charge in [-0.3, -0.25) is 4.79 Å². The third-order valence-corrected chi connectivity index (χ3v) is 4.02. The zero-order valence-corrected chi connectivity index (χ0v) is 13.3. The van der Waals surface area contributed by atoms with Gasteiger partial charge < -0.3 is 15.4 Å². The molecular formula is C16H32N2O2. The average molecular weight is 284 g/mol. The number of rotatable bonds is 10. The van der Waals surface area contributed by atoms with E-state index in [4.69, 9.17) is 10.5 Å². The molecule has 1 fully saturated rings. The molecule has 0 unspecified atom stereocenters. The number of ether oxygens (including phenoxy) is 1. The van der Waals surface area contributed by atoms with Gasteiger partial charge in [0, 0.05) is 19.6 Å². The standard InChI is InChI=1S/C16H32N2O2/c1-3-5-7-11-18(12-8-6-4-2)16(19)15-10-9-14(13-17)20-15/h14-15H,3-13,17H2,1-2H3/t14-,15+/m1/s1. The maximum absolute atomic E-state index is 12.6. The second kappa shape index (κ2) is 10.2. The molecule has 0 bridgehead atoms. The van der Waals surface area contributed by atoms with Crippen LogP contribution in [0.3, 0.4) is 0 Å². The molecule has 0 spiro atoms. The molecule has 20 heavy (non-hydrogen) atoms. The van der Waals surface area contributed by atoms with Crippen molar-refractivity contribution in [3.05, 3.63) is 0 Å². The van der Waals surface area contributed by atoms with Gasteiger partial charge in [-0.05, 0) is 25.7 Å². The zero-order valence-electron chi connectivity index (χ0n) is 13.3. The summed E-state index contributed by atoms with van der Waals surface area (Å²) in [5, 5.41) is 0. The van der Waals surface area contributed by atoms with Crippen LogP contribution in [0.5, 0.6) is 0 Å². The molecular weight excluding hydrogens is 252 g/mol. The van der Waals surface area contributed by atoms with E-state index in [9.17, 15) is 4.79 Å². The fourth-order valence-electron chi connectivity index (χ4n) is 2.70. The lowest BCUT2D eigenvalue weighted by Gasteiger charge is -2.25. The summed E-state index contributed by atoms with van der Waals surface area (Å²) in [7, 11) is 0. The normalized spacial score (nSPS) is 22.1. The van der Waals surface area contributed by atoms with Gasteiger partial charge in [0.05, 0.1) is 6.10 Å². The number of carbonyl (C=O) groups excluding carboxylic acids is 1. The molecule has 1 rings (SSSR count). The molecule has 1 aliphatic heterocycles. The molecule has 0 aromatic rings. The van der Waals surface area contributed by atoms with Crippen molar-refractivity contribution in [1.29, 1.82) is 0 Å². The smallest absolute Gasteiger partial charge is 0.251 e. The van der Waals surface area contributed by atoms with Crippen molar-refractivity contribution in [2.24, 2.45) is 5.73 Å². The van der Waals surface area contributed by atoms with Gasteiger partial charge in [-0.1, -0.05) is 39.5 Å². The molecule has 1 aliphatic rings. The molecule has 118 valence electrons. The van der Waals surface area contributed by atoms with Crippen LogP contribution in [-0.2, 0) is 9.53 Å². The second-order valence-electron chi connectivity index (χ2n) is 5.80. The summed E-state index contributed by atoms with van der Waals surface area (Å²) in [6, 6.07) is 0. The number of unbranched alkanes of at least 4 members (excludes halogenated alkanes) is 4. The molecule has 0 radical (unpaired) electrons. The Labute approximate surface area is 124 Å². The van der Waals surface area contributed by atoms with Crippen molar-refractivity contribution in [1.82, 2.24) is 4.90 Å². The van der Waals surface area contributed by atoms with Crippen LogP contribution in [0.4, 0.5) is 0 Å². The Balaban J connectivity index is 2.45. The van der Waals surface area contributed by atoms with Crippen LogP contribution >= 0.6 is 0 Å². The van der Waals surface area contributed by atoms with Crippen LogP contribution in [0.15, 0.2) is 0 Å². The van der Waals surface area contributed by atoms with Crippen LogP contribution in [0.1, 0.15) is 65.2 Å². The Morgan fingerprint density at radius 2 is 1.70 bits per heavy atom. The first-order chi connectivity index (χ1) is 9.72. The summed E-state index contributed by atoms with van der Waals surface area (Å²) in [5.74, 6) is 0.188. The Hall–Kier alpha value is -0.610. The molecule has 0 aliphatic carbocycles. The Morgan fingerprint density at radius 3 is 2.15 bits per heavy atom. The van der Waals surface area contributed by atoms with Crippen LogP contribution in [0, 0.1) is 0 Å². The molecule has 0 aromatic carbocycles. The van der Waals surface area contributed by atoms with Gasteiger partial charge in [0.25, 0.3) is 5.91 Å². The van der Waals surface area contributed by atoms with Gasteiger partial charge in [0.1, 0.15) is 6.10 Å². The molecule has 1 amide bonds. The van der Waals surface area contributed by atoms with Crippen molar-refractivity contribution in [2.75, 3.05) is 19.6 Å². The van der Waals surface area contributed by atoms with Crippen LogP contribution in [0.2, 0.25) is 0 Å². The van der Waals surface area contributed by atoms with E-state index in [0.717, 1.165) is 38.8 Å². The van der Waals surface area contributed by atoms with Gasteiger partial charge in [0.15, 0.2) is 0 Å². The molecule has 4 heteroatoms. The van der Waals surface area contributed by atoms with E-state index >= 15 is 0 Å². The van der Waals surface area contributed by atoms with Crippen LogP contribution in [0.25, 0.3) is 0 Å². The van der Waals surface area contributed by atoms with E-state index in [1.165, 1.54) is 25.7 Å². The minimum atomic E-state index is -0.244. The highest BCUT2D eigenvalue weighted by Crippen LogP contribution is 2.21. The summed E-state index contributed by atoms with van der Waals surface area (Å²) >= 11 is 0. The third-order valence-electron chi connectivity index (χ3n) is 4.02. The quantitative estimate of drug-likeness (QED) is 0.628. The lowest BCUT2D eigenvalue weighted by atomic mass is 10.1. The van der Waals surface area contributed by atoms with Crippen molar-refractivity contribution in [2.45, 2.75) is 77.4 Å². The lowest BCUT2D eigenvalue weighted by molar-refractivity contribution is -0.143. The summed E-state index contributed by atoms with van der Waals surface area (Å²) in [6.45, 7) is 6.66. The first-order valence-corrected chi connectivity index (χ1v) is 8.37. The summed E-state index contributed by atoms with van der Waals surface area (Å²) in [6.07, 6.45) is 8.54. The zero-order chi connectivity index (χ0) is 14.8. The van der Waals surface area contributed by atoms with Gasteiger partial charge >= 0.3 is 0 Å². The summed E-state index contributed by atoms with van der Waals surface area (Å²) < 4.78 is 5.75. The monoisotopic (exact) mass is 284 g/mol. The Bertz CT molecular complexity index is 261. The first kappa shape index (κ1) is 17.4. The van der Waals surface area contributed by atoms with E-state index in [2.05, 4.69) is 13.8 Å². The van der Waals surface area contributed by atoms with Crippen molar-refractivity contribution in [3.8, 4) is 0 Å². The average Bonchev–Trinajstić information content (AvgIpc) is 2.94. The summed E-state index contributed by atoms with van der Waals surface area (Å²) in [4.78, 5) is 14.6. The predicted molar refractivity (Wildman–Crippen MR) is 82.6 cm³/mol. The van der Waals surface area contributed by atoms with E-state index in [0.29, 0.717) is 6.54 Å². The lowest BCUT2D eigenvalue weighted by Crippen LogP contribution is -2.40. The highest BCUT2D eigenvalue weighted by Gasteiger charge is 2.32. The highest BCUT2D eigenvalue weighted by molar-refractivity contribution is 5.81. The Morgan fingerprint density at radius 1 is 1.10 bits per heavy atom. The molecule has 0 saturated carbocycles. The van der Waals surface area contributed by atoms with E-state index < -0.39 is 0 Å². The first-order valence-electron chi connectivity index (χ1n) is 8.37. The molecule has 1 saturated heterocycles. The number of hydrogen-bond donors (Lipinski definition) is 1. The second-order valence-corrected chi connectivity index (χ2v) is 5.80. The molecule has 2 atom stereocenters. The van der Waals surface area contributed by atoms with Gasteiger partial charge in [0.2, 0.25) is 0 Å². The number of carbonyl (C=O) groups is 1. The molecule has 4 nitrogen and oxygen atoms in total. The maximum Gasteiger partial charge on any atom is 0.251 e. The topological polar surface area (TPSA) is 55.6 Å². The number of amides is 1. The fraction of sp³-hybridized carbons (Fsp3) is 0.938. The number of nitrogens with zero attached hydrogens (tertiary/aromatic N) is 1. The molecule has 0 aromatic heterocycles. The highest BCUT2D eigenvalue weighted by atomic mass is 16.5. The number of nitrogens with two attached hydrogens (primary N) is 1. The van der Waals surface area contributed by atoms with Crippen LogP contribution < -0.4 is 5.73 Å². The molecule has 2 N–H and O–H groups in total. The third kappa shape index (κ3) is 5.80. The minimum Gasteiger partial charge on any atom is -0.364 e. The Kier molecular flexibility index (Phi) is 8.86. The predicted octanol–water partition coefficient (Wildman–Crippen LogP) is 2.70. The van der Waals surface area contributed by atoms with E-state index in [1.54, 1.807) is 0 Å². The van der Waals surface area contributed by atoms with Crippen LogP contribution in [-0.4, -0.2) is 42.6 Å². The largest absolute Gasteiger partial charge is 0.364 e. The van der Waals surface area contributed by atoms with Gasteiger partial charge in [-0.25, -0.2) is 0 Å². The van der Waals surface area contributed by atoms with E-state index in [-0.39, 0.29) is 18.1 Å². The maximum atomic E-state index is 12.6. The van der Waals surface area contributed by atoms with Crippen molar-refractivity contribution >= 4 is 5.91 Å². The molecule has 1 heterocycles.